The molecule has 23 heavy (non-hydrogen) atoms. The summed E-state index contributed by atoms with van der Waals surface area (Å²) in [7, 11) is 0.0912. The number of carbonyl (C=O) groups excluding carboxylic acids is 1. The van der Waals surface area contributed by atoms with Gasteiger partial charge in [-0.1, -0.05) is 37.7 Å². The van der Waals surface area contributed by atoms with Crippen LogP contribution in [0.3, 0.4) is 0 Å². The first-order valence-electron chi connectivity index (χ1n) is 7.37. The van der Waals surface area contributed by atoms with Crippen LogP contribution < -0.4 is 9.47 Å². The Hall–Kier alpha value is -2.51. The summed E-state index contributed by atoms with van der Waals surface area (Å²) in [6.45, 7) is 6.52. The van der Waals surface area contributed by atoms with Crippen LogP contribution in [-0.2, 0) is 0 Å². The molecule has 0 saturated carbocycles. The number of para-hydroxylation sites is 1. The average Bonchev–Trinajstić information content (AvgIpc) is 2.53. The van der Waals surface area contributed by atoms with Gasteiger partial charge in [-0.2, -0.15) is 0 Å². The normalized spacial score (nSPS) is 10.4. The smallest absolute Gasteiger partial charge is 0.343 e. The van der Waals surface area contributed by atoms with Gasteiger partial charge >= 0.3 is 5.97 Å². The van der Waals surface area contributed by atoms with Crippen molar-refractivity contribution < 1.29 is 14.3 Å². The highest BCUT2D eigenvalue weighted by atomic mass is 28.3. The van der Waals surface area contributed by atoms with Gasteiger partial charge in [-0.3, -0.25) is 0 Å². The number of methoxy groups -OCH3 is 1. The lowest BCUT2D eigenvalue weighted by atomic mass is 10.2. The monoisotopic (exact) mass is 324 g/mol. The number of ether oxygens (including phenoxy) is 2. The average molecular weight is 324 g/mol. The van der Waals surface area contributed by atoms with Crippen LogP contribution in [0, 0.1) is 11.5 Å². The molecule has 0 aliphatic heterocycles. The molecule has 3 nitrogen and oxygen atoms in total. The number of hydrogen-bond acceptors (Lipinski definition) is 3. The summed E-state index contributed by atoms with van der Waals surface area (Å²) in [5.41, 5.74) is 4.49. The predicted octanol–water partition coefficient (Wildman–Crippen LogP) is 4.14. The van der Waals surface area contributed by atoms with Gasteiger partial charge < -0.3 is 9.47 Å². The lowest BCUT2D eigenvalue weighted by Gasteiger charge is -2.08. The molecule has 2 aromatic rings. The van der Waals surface area contributed by atoms with Crippen molar-refractivity contribution >= 4 is 14.0 Å². The minimum absolute atomic E-state index is 0.407. The molecule has 0 fully saturated rings. The molecular weight excluding hydrogens is 304 g/mol. The molecule has 0 saturated heterocycles. The van der Waals surface area contributed by atoms with E-state index in [1.807, 2.05) is 18.2 Å². The van der Waals surface area contributed by atoms with E-state index < -0.39 is 14.0 Å². The summed E-state index contributed by atoms with van der Waals surface area (Å²) in [6.07, 6.45) is 0. The second kappa shape index (κ2) is 7.17. The van der Waals surface area contributed by atoms with Gasteiger partial charge in [-0.15, -0.1) is 5.54 Å². The summed E-state index contributed by atoms with van der Waals surface area (Å²) in [4.78, 5) is 12.3. The molecule has 0 amide bonds. The van der Waals surface area contributed by atoms with E-state index in [2.05, 4.69) is 31.1 Å². The first-order valence-corrected chi connectivity index (χ1v) is 10.9. The van der Waals surface area contributed by atoms with Gasteiger partial charge in [0, 0.05) is 0 Å². The van der Waals surface area contributed by atoms with Crippen molar-refractivity contribution in [2.75, 3.05) is 7.11 Å². The molecular formula is C19H20O3Si. The van der Waals surface area contributed by atoms with E-state index in [0.29, 0.717) is 17.1 Å². The molecule has 118 valence electrons. The van der Waals surface area contributed by atoms with E-state index in [4.69, 9.17) is 9.47 Å². The van der Waals surface area contributed by atoms with Crippen molar-refractivity contribution in [2.24, 2.45) is 0 Å². The van der Waals surface area contributed by atoms with E-state index in [0.717, 1.165) is 5.56 Å². The number of carbonyl (C=O) groups is 1. The molecule has 0 aliphatic rings. The first kappa shape index (κ1) is 16.9. The molecule has 4 heteroatoms. The van der Waals surface area contributed by atoms with Crippen molar-refractivity contribution in [3.8, 4) is 23.0 Å². The quantitative estimate of drug-likeness (QED) is 0.368. The summed E-state index contributed by atoms with van der Waals surface area (Å²) in [5, 5.41) is 0. The highest BCUT2D eigenvalue weighted by Gasteiger charge is 2.12. The van der Waals surface area contributed by atoms with Gasteiger partial charge in [0.15, 0.2) is 0 Å². The number of rotatable bonds is 3. The second-order valence-electron chi connectivity index (χ2n) is 6.11. The molecule has 0 atom stereocenters. The Labute approximate surface area is 138 Å². The second-order valence-corrected chi connectivity index (χ2v) is 10.9. The van der Waals surface area contributed by atoms with Gasteiger partial charge in [0.1, 0.15) is 19.6 Å². The minimum Gasteiger partial charge on any atom is -0.497 e. The summed E-state index contributed by atoms with van der Waals surface area (Å²) in [6, 6.07) is 14.2. The molecule has 0 N–H and O–H groups in total. The molecule has 0 aliphatic carbocycles. The largest absolute Gasteiger partial charge is 0.497 e. The number of benzene rings is 2. The van der Waals surface area contributed by atoms with Gasteiger partial charge in [0.05, 0.1) is 18.2 Å². The van der Waals surface area contributed by atoms with Crippen LogP contribution in [0.2, 0.25) is 19.6 Å². The molecule has 0 heterocycles. The molecule has 0 spiro atoms. The molecule has 0 radical (unpaired) electrons. The lowest BCUT2D eigenvalue weighted by Crippen LogP contribution is -2.16. The molecule has 0 aromatic heterocycles. The summed E-state index contributed by atoms with van der Waals surface area (Å²) in [5.74, 6) is 3.92. The Bertz CT molecular complexity index is 747. The van der Waals surface area contributed by atoms with E-state index in [-0.39, 0.29) is 0 Å². The van der Waals surface area contributed by atoms with Crippen molar-refractivity contribution in [1.82, 2.24) is 0 Å². The van der Waals surface area contributed by atoms with E-state index in [1.165, 1.54) is 0 Å². The van der Waals surface area contributed by atoms with Crippen molar-refractivity contribution in [1.29, 1.82) is 0 Å². The Morgan fingerprint density at radius 2 is 1.65 bits per heavy atom. The van der Waals surface area contributed by atoms with E-state index in [9.17, 15) is 4.79 Å². The highest BCUT2D eigenvalue weighted by molar-refractivity contribution is 6.83. The van der Waals surface area contributed by atoms with Crippen LogP contribution in [0.25, 0.3) is 0 Å². The predicted molar refractivity (Wildman–Crippen MR) is 94.6 cm³/mol. The van der Waals surface area contributed by atoms with Crippen LogP contribution in [0.15, 0.2) is 48.5 Å². The number of hydrogen-bond donors (Lipinski definition) is 0. The fourth-order valence-corrected chi connectivity index (χ4v) is 2.31. The van der Waals surface area contributed by atoms with Crippen LogP contribution in [0.4, 0.5) is 0 Å². The van der Waals surface area contributed by atoms with Crippen LogP contribution in [0.1, 0.15) is 15.9 Å². The van der Waals surface area contributed by atoms with Crippen LogP contribution >= 0.6 is 0 Å². The zero-order valence-electron chi connectivity index (χ0n) is 13.8. The van der Waals surface area contributed by atoms with E-state index >= 15 is 0 Å². The molecule has 2 aromatic carbocycles. The third kappa shape index (κ3) is 5.01. The fourth-order valence-electron chi connectivity index (χ4n) is 1.80. The fraction of sp³-hybridized carbons (Fsp3) is 0.211. The molecule has 2 rings (SSSR count). The zero-order valence-corrected chi connectivity index (χ0v) is 14.8. The maximum Gasteiger partial charge on any atom is 0.343 e. The Balaban J connectivity index is 2.22. The topological polar surface area (TPSA) is 35.5 Å². The maximum absolute atomic E-state index is 12.3. The SMILES string of the molecule is COc1ccc(C(=O)Oc2ccccc2C#C[Si](C)(C)C)cc1. The maximum atomic E-state index is 12.3. The third-order valence-corrected chi connectivity index (χ3v) is 3.86. The van der Waals surface area contributed by atoms with Crippen molar-refractivity contribution in [2.45, 2.75) is 19.6 Å². The highest BCUT2D eigenvalue weighted by Crippen LogP contribution is 2.19. The lowest BCUT2D eigenvalue weighted by molar-refractivity contribution is 0.0734. The Morgan fingerprint density at radius 1 is 1.00 bits per heavy atom. The van der Waals surface area contributed by atoms with Gasteiger partial charge in [-0.25, -0.2) is 4.79 Å². The number of esters is 1. The van der Waals surface area contributed by atoms with E-state index in [1.54, 1.807) is 37.4 Å². The first-order chi connectivity index (χ1) is 10.9. The molecule has 0 unspecified atom stereocenters. The Kier molecular flexibility index (Phi) is 5.25. The minimum atomic E-state index is -1.49. The van der Waals surface area contributed by atoms with Crippen molar-refractivity contribution in [3.63, 3.8) is 0 Å². The zero-order chi connectivity index (χ0) is 16.9. The molecule has 0 bridgehead atoms. The van der Waals surface area contributed by atoms with Gasteiger partial charge in [0.2, 0.25) is 0 Å². The van der Waals surface area contributed by atoms with Gasteiger partial charge in [0.25, 0.3) is 0 Å². The third-order valence-electron chi connectivity index (χ3n) is 2.99. The van der Waals surface area contributed by atoms with Crippen molar-refractivity contribution in [3.05, 3.63) is 59.7 Å². The summed E-state index contributed by atoms with van der Waals surface area (Å²) < 4.78 is 10.6. The van der Waals surface area contributed by atoms with Gasteiger partial charge in [-0.05, 0) is 36.4 Å². The van der Waals surface area contributed by atoms with Crippen LogP contribution in [0.5, 0.6) is 11.5 Å². The Morgan fingerprint density at radius 3 is 2.26 bits per heavy atom. The van der Waals surface area contributed by atoms with Crippen LogP contribution in [-0.4, -0.2) is 21.2 Å². The summed E-state index contributed by atoms with van der Waals surface area (Å²) >= 11 is 0. The standard InChI is InChI=1S/C19H20O3Si/c1-21-17-11-9-16(10-12-17)19(20)22-18-8-6-5-7-15(18)13-14-23(2,3)4/h5-12H,1-4H3.